The molecular formula is C17H16N4OS2. The van der Waals surface area contributed by atoms with Gasteiger partial charge in [0.15, 0.2) is 5.16 Å². The second kappa shape index (κ2) is 6.41. The number of thiophene rings is 1. The Morgan fingerprint density at radius 3 is 2.88 bits per heavy atom. The standard InChI is InChI=1S/C17H16N4OS2/c1-3-21-13-8-5-4-7-12(13)18-17(21)24-11(2)15-19-20-16(22-15)14-9-6-10-23-14/h4-11H,3H2,1-2H3. The van der Waals surface area contributed by atoms with E-state index in [-0.39, 0.29) is 5.25 Å². The second-order valence-electron chi connectivity index (χ2n) is 5.31. The highest BCUT2D eigenvalue weighted by molar-refractivity contribution is 7.99. The molecule has 0 fully saturated rings. The SMILES string of the molecule is CCn1c(SC(C)c2nnc(-c3cccs3)o2)nc2ccccc21. The van der Waals surface area contributed by atoms with Crippen LogP contribution in [0.2, 0.25) is 0 Å². The van der Waals surface area contributed by atoms with Crippen molar-refractivity contribution >= 4 is 34.1 Å². The molecule has 0 saturated heterocycles. The van der Waals surface area contributed by atoms with E-state index in [1.807, 2.05) is 35.7 Å². The molecule has 5 nitrogen and oxygen atoms in total. The van der Waals surface area contributed by atoms with Crippen molar-refractivity contribution in [3.63, 3.8) is 0 Å². The molecule has 1 unspecified atom stereocenters. The molecule has 1 atom stereocenters. The van der Waals surface area contributed by atoms with Crippen LogP contribution in [0.15, 0.2) is 51.4 Å². The maximum atomic E-state index is 5.84. The molecule has 4 aromatic rings. The average molecular weight is 356 g/mol. The Labute approximate surface area is 147 Å². The van der Waals surface area contributed by atoms with Gasteiger partial charge in [-0.15, -0.1) is 21.5 Å². The zero-order chi connectivity index (χ0) is 16.5. The third kappa shape index (κ3) is 2.74. The Morgan fingerprint density at radius 1 is 1.21 bits per heavy atom. The van der Waals surface area contributed by atoms with Gasteiger partial charge in [0.05, 0.1) is 21.2 Å². The predicted octanol–water partition coefficient (Wildman–Crippen LogP) is 5.02. The van der Waals surface area contributed by atoms with Crippen LogP contribution >= 0.6 is 23.1 Å². The van der Waals surface area contributed by atoms with Gasteiger partial charge < -0.3 is 8.98 Å². The normalized spacial score (nSPS) is 12.8. The summed E-state index contributed by atoms with van der Waals surface area (Å²) < 4.78 is 8.06. The van der Waals surface area contributed by atoms with Crippen LogP contribution < -0.4 is 0 Å². The summed E-state index contributed by atoms with van der Waals surface area (Å²) in [5.41, 5.74) is 2.17. The number of aromatic nitrogens is 4. The summed E-state index contributed by atoms with van der Waals surface area (Å²) in [6, 6.07) is 12.2. The number of nitrogens with zero attached hydrogens (tertiary/aromatic N) is 4. The smallest absolute Gasteiger partial charge is 0.257 e. The Balaban J connectivity index is 1.61. The van der Waals surface area contributed by atoms with Gasteiger partial charge in [-0.1, -0.05) is 30.0 Å². The van der Waals surface area contributed by atoms with Gasteiger partial charge >= 0.3 is 0 Å². The first-order chi connectivity index (χ1) is 11.8. The van der Waals surface area contributed by atoms with Crippen LogP contribution in [0.5, 0.6) is 0 Å². The van der Waals surface area contributed by atoms with Gasteiger partial charge in [0.2, 0.25) is 5.89 Å². The highest BCUT2D eigenvalue weighted by Crippen LogP contribution is 2.36. The van der Waals surface area contributed by atoms with E-state index >= 15 is 0 Å². The molecule has 24 heavy (non-hydrogen) atoms. The van der Waals surface area contributed by atoms with Crippen LogP contribution in [0.3, 0.4) is 0 Å². The van der Waals surface area contributed by atoms with Gasteiger partial charge in [-0.3, -0.25) is 0 Å². The highest BCUT2D eigenvalue weighted by Gasteiger charge is 2.20. The molecule has 0 saturated carbocycles. The van der Waals surface area contributed by atoms with Crippen LogP contribution in [-0.2, 0) is 6.54 Å². The van der Waals surface area contributed by atoms with Crippen LogP contribution in [0.25, 0.3) is 21.8 Å². The maximum Gasteiger partial charge on any atom is 0.257 e. The van der Waals surface area contributed by atoms with E-state index < -0.39 is 0 Å². The van der Waals surface area contributed by atoms with E-state index in [1.54, 1.807) is 23.1 Å². The van der Waals surface area contributed by atoms with E-state index in [4.69, 9.17) is 9.40 Å². The lowest BCUT2D eigenvalue weighted by Crippen LogP contribution is -1.98. The minimum absolute atomic E-state index is 0.0355. The van der Waals surface area contributed by atoms with Gasteiger partial charge in [0.1, 0.15) is 0 Å². The zero-order valence-corrected chi connectivity index (χ0v) is 15.0. The molecule has 3 heterocycles. The number of fused-ring (bicyclic) bond motifs is 1. The highest BCUT2D eigenvalue weighted by atomic mass is 32.2. The van der Waals surface area contributed by atoms with Crippen molar-refractivity contribution in [2.24, 2.45) is 0 Å². The van der Waals surface area contributed by atoms with Crippen molar-refractivity contribution in [3.05, 3.63) is 47.7 Å². The lowest BCUT2D eigenvalue weighted by Gasteiger charge is -2.08. The van der Waals surface area contributed by atoms with Crippen molar-refractivity contribution in [1.29, 1.82) is 0 Å². The molecule has 0 aliphatic heterocycles. The van der Waals surface area contributed by atoms with E-state index in [2.05, 4.69) is 34.7 Å². The number of imidazole rings is 1. The number of benzene rings is 1. The molecule has 1 aromatic carbocycles. The second-order valence-corrected chi connectivity index (χ2v) is 7.57. The third-order valence-corrected chi connectivity index (χ3v) is 5.67. The fourth-order valence-electron chi connectivity index (χ4n) is 2.56. The van der Waals surface area contributed by atoms with Gasteiger partial charge in [-0.05, 0) is 37.4 Å². The van der Waals surface area contributed by atoms with Crippen molar-refractivity contribution < 1.29 is 4.42 Å². The quantitative estimate of drug-likeness (QED) is 0.470. The van der Waals surface area contributed by atoms with Crippen molar-refractivity contribution in [2.75, 3.05) is 0 Å². The fourth-order valence-corrected chi connectivity index (χ4v) is 4.22. The van der Waals surface area contributed by atoms with E-state index in [0.29, 0.717) is 11.8 Å². The summed E-state index contributed by atoms with van der Waals surface area (Å²) in [4.78, 5) is 5.74. The number of hydrogen-bond donors (Lipinski definition) is 0. The average Bonchev–Trinajstić information content (AvgIpc) is 3.33. The Hall–Kier alpha value is -2.12. The molecule has 0 aliphatic carbocycles. The van der Waals surface area contributed by atoms with Gasteiger partial charge in [0, 0.05) is 6.54 Å². The summed E-state index contributed by atoms with van der Waals surface area (Å²) in [6.07, 6.45) is 0. The Morgan fingerprint density at radius 2 is 2.08 bits per heavy atom. The number of thioether (sulfide) groups is 1. The van der Waals surface area contributed by atoms with E-state index in [0.717, 1.165) is 27.6 Å². The number of hydrogen-bond acceptors (Lipinski definition) is 6. The van der Waals surface area contributed by atoms with Gasteiger partial charge in [-0.25, -0.2) is 4.98 Å². The lowest BCUT2D eigenvalue weighted by atomic mass is 10.3. The molecule has 0 spiro atoms. The molecule has 122 valence electrons. The minimum atomic E-state index is 0.0355. The van der Waals surface area contributed by atoms with Crippen molar-refractivity contribution in [2.45, 2.75) is 30.8 Å². The first-order valence-electron chi connectivity index (χ1n) is 7.75. The molecule has 0 bridgehead atoms. The zero-order valence-electron chi connectivity index (χ0n) is 13.3. The van der Waals surface area contributed by atoms with Crippen LogP contribution in [0, 0.1) is 0 Å². The van der Waals surface area contributed by atoms with E-state index in [9.17, 15) is 0 Å². The van der Waals surface area contributed by atoms with Crippen molar-refractivity contribution in [1.82, 2.24) is 19.7 Å². The molecule has 0 aliphatic rings. The first-order valence-corrected chi connectivity index (χ1v) is 9.51. The molecule has 3 aromatic heterocycles. The van der Waals surface area contributed by atoms with Gasteiger partial charge in [0.25, 0.3) is 5.89 Å². The Bertz CT molecular complexity index is 958. The molecule has 0 radical (unpaired) electrons. The number of para-hydroxylation sites is 2. The molecular weight excluding hydrogens is 340 g/mol. The van der Waals surface area contributed by atoms with Crippen molar-refractivity contribution in [3.8, 4) is 10.8 Å². The number of aryl methyl sites for hydroxylation is 1. The molecule has 0 amide bonds. The molecule has 7 heteroatoms. The largest absolute Gasteiger partial charge is 0.419 e. The van der Waals surface area contributed by atoms with Crippen LogP contribution in [-0.4, -0.2) is 19.7 Å². The summed E-state index contributed by atoms with van der Waals surface area (Å²) in [5, 5.41) is 11.4. The minimum Gasteiger partial charge on any atom is -0.419 e. The first kappa shape index (κ1) is 15.4. The number of rotatable bonds is 5. The summed E-state index contributed by atoms with van der Waals surface area (Å²) in [5.74, 6) is 1.20. The summed E-state index contributed by atoms with van der Waals surface area (Å²) in [6.45, 7) is 5.07. The predicted molar refractivity (Wildman–Crippen MR) is 97.3 cm³/mol. The molecule has 0 N–H and O–H groups in total. The third-order valence-electron chi connectivity index (χ3n) is 3.74. The lowest BCUT2D eigenvalue weighted by molar-refractivity contribution is 0.509. The monoisotopic (exact) mass is 356 g/mol. The fraction of sp³-hybridized carbons (Fsp3) is 0.235. The maximum absolute atomic E-state index is 5.84. The topological polar surface area (TPSA) is 56.7 Å². The Kier molecular flexibility index (Phi) is 4.12. The van der Waals surface area contributed by atoms with Gasteiger partial charge in [-0.2, -0.15) is 0 Å². The molecule has 4 rings (SSSR count). The van der Waals surface area contributed by atoms with E-state index in [1.165, 1.54) is 0 Å². The van der Waals surface area contributed by atoms with Crippen LogP contribution in [0.4, 0.5) is 0 Å². The van der Waals surface area contributed by atoms with Crippen LogP contribution in [0.1, 0.15) is 25.0 Å². The summed E-state index contributed by atoms with van der Waals surface area (Å²) >= 11 is 3.24. The summed E-state index contributed by atoms with van der Waals surface area (Å²) in [7, 11) is 0.